The fourth-order valence-electron chi connectivity index (χ4n) is 7.55. The number of rotatable bonds is 5. The van der Waals surface area contributed by atoms with Gasteiger partial charge in [0.2, 0.25) is 0 Å². The fraction of sp³-hybridized carbons (Fsp3) is 0.0667. The van der Waals surface area contributed by atoms with Gasteiger partial charge in [-0.15, -0.1) is 11.3 Å². The molecule has 1 aliphatic carbocycles. The molecule has 0 saturated heterocycles. The van der Waals surface area contributed by atoms with E-state index in [1.165, 1.54) is 64.7 Å². The average Bonchev–Trinajstić information content (AvgIpc) is 3.62. The van der Waals surface area contributed by atoms with Crippen molar-refractivity contribution in [1.29, 1.82) is 0 Å². The van der Waals surface area contributed by atoms with Gasteiger partial charge in [0.05, 0.1) is 5.69 Å². The van der Waals surface area contributed by atoms with Crippen molar-refractivity contribution in [3.8, 4) is 33.4 Å². The quantitative estimate of drug-likeness (QED) is 0.185. The van der Waals surface area contributed by atoms with Crippen LogP contribution in [0.3, 0.4) is 0 Å². The lowest BCUT2D eigenvalue weighted by Gasteiger charge is -2.30. The van der Waals surface area contributed by atoms with Crippen LogP contribution in [-0.2, 0) is 5.41 Å². The molecule has 0 fully saturated rings. The van der Waals surface area contributed by atoms with Crippen molar-refractivity contribution < 1.29 is 0 Å². The number of hydrogen-bond acceptors (Lipinski definition) is 2. The van der Waals surface area contributed by atoms with Gasteiger partial charge in [-0.3, -0.25) is 0 Å². The highest BCUT2D eigenvalue weighted by Gasteiger charge is 2.36. The Bertz CT molecular complexity index is 2440. The summed E-state index contributed by atoms with van der Waals surface area (Å²) in [6, 6.07) is 60.1. The normalized spacial score (nSPS) is 13.1. The van der Waals surface area contributed by atoms with E-state index < -0.39 is 0 Å². The standard InChI is InChI=1S/C45H33NS/c1-45(2)40-22-11-9-18-34(40)35-27-25-33(29-41(35)45)46(32-16-7-4-8-17-32)42-28-31(30-14-5-3-6-15-30)24-26-36(42)38-20-13-21-39-37-19-10-12-23-43(37)47-44(38)39/h3-29H,1-2H3. The Kier molecular flexibility index (Phi) is 6.41. The topological polar surface area (TPSA) is 3.24 Å². The Balaban J connectivity index is 1.33. The lowest BCUT2D eigenvalue weighted by molar-refractivity contribution is 0.660. The van der Waals surface area contributed by atoms with E-state index in [0.717, 1.165) is 17.1 Å². The van der Waals surface area contributed by atoms with Gasteiger partial charge in [0.25, 0.3) is 0 Å². The number of nitrogens with zero attached hydrogens (tertiary/aromatic N) is 1. The van der Waals surface area contributed by atoms with Gasteiger partial charge in [-0.25, -0.2) is 0 Å². The molecule has 1 aromatic heterocycles. The molecule has 0 radical (unpaired) electrons. The molecule has 224 valence electrons. The second kappa shape index (κ2) is 10.8. The Morgan fingerprint density at radius 3 is 1.96 bits per heavy atom. The van der Waals surface area contributed by atoms with E-state index in [0.29, 0.717) is 0 Å². The van der Waals surface area contributed by atoms with E-state index >= 15 is 0 Å². The Labute approximate surface area is 280 Å². The van der Waals surface area contributed by atoms with Gasteiger partial charge >= 0.3 is 0 Å². The summed E-state index contributed by atoms with van der Waals surface area (Å²) >= 11 is 1.89. The molecule has 47 heavy (non-hydrogen) atoms. The van der Waals surface area contributed by atoms with Crippen LogP contribution >= 0.6 is 11.3 Å². The molecular formula is C45H33NS. The van der Waals surface area contributed by atoms with Crippen molar-refractivity contribution in [1.82, 2.24) is 0 Å². The van der Waals surface area contributed by atoms with Gasteiger partial charge in [0.15, 0.2) is 0 Å². The summed E-state index contributed by atoms with van der Waals surface area (Å²) in [5.41, 5.74) is 13.7. The van der Waals surface area contributed by atoms with Crippen molar-refractivity contribution in [2.24, 2.45) is 0 Å². The van der Waals surface area contributed by atoms with Gasteiger partial charge < -0.3 is 4.90 Å². The molecule has 1 aliphatic rings. The van der Waals surface area contributed by atoms with Crippen molar-refractivity contribution in [3.05, 3.63) is 175 Å². The molecule has 8 aromatic rings. The summed E-state index contributed by atoms with van der Waals surface area (Å²) in [6.45, 7) is 4.72. The highest BCUT2D eigenvalue weighted by atomic mass is 32.1. The predicted octanol–water partition coefficient (Wildman–Crippen LogP) is 13.2. The zero-order chi connectivity index (χ0) is 31.5. The first-order valence-corrected chi connectivity index (χ1v) is 17.1. The molecule has 9 rings (SSSR count). The van der Waals surface area contributed by atoms with E-state index in [9.17, 15) is 0 Å². The largest absolute Gasteiger partial charge is 0.310 e. The third kappa shape index (κ3) is 4.44. The van der Waals surface area contributed by atoms with Gasteiger partial charge in [-0.2, -0.15) is 0 Å². The predicted molar refractivity (Wildman–Crippen MR) is 202 cm³/mol. The molecule has 1 heterocycles. The van der Waals surface area contributed by atoms with Crippen LogP contribution in [0, 0.1) is 0 Å². The van der Waals surface area contributed by atoms with Crippen LogP contribution in [0.5, 0.6) is 0 Å². The van der Waals surface area contributed by atoms with Gasteiger partial charge in [-0.05, 0) is 69.8 Å². The number of anilines is 3. The Hall–Kier alpha value is -5.44. The summed E-state index contributed by atoms with van der Waals surface area (Å²) in [6.07, 6.45) is 0. The third-order valence-electron chi connectivity index (χ3n) is 9.88. The number of benzene rings is 7. The lowest BCUT2D eigenvalue weighted by atomic mass is 9.82. The molecule has 1 nitrogen and oxygen atoms in total. The Morgan fingerprint density at radius 1 is 0.447 bits per heavy atom. The lowest BCUT2D eigenvalue weighted by Crippen LogP contribution is -2.17. The van der Waals surface area contributed by atoms with Crippen LogP contribution in [0.15, 0.2) is 164 Å². The minimum atomic E-state index is -0.0956. The van der Waals surface area contributed by atoms with Crippen molar-refractivity contribution in [2.45, 2.75) is 19.3 Å². The summed E-state index contributed by atoms with van der Waals surface area (Å²) in [7, 11) is 0. The summed E-state index contributed by atoms with van der Waals surface area (Å²) in [5, 5.41) is 2.63. The molecule has 0 unspecified atom stereocenters. The van der Waals surface area contributed by atoms with E-state index in [1.807, 2.05) is 11.3 Å². The van der Waals surface area contributed by atoms with Crippen LogP contribution in [0.25, 0.3) is 53.6 Å². The first-order chi connectivity index (χ1) is 23.1. The maximum Gasteiger partial charge on any atom is 0.0546 e. The summed E-state index contributed by atoms with van der Waals surface area (Å²) in [4.78, 5) is 2.47. The van der Waals surface area contributed by atoms with Crippen LogP contribution in [0.2, 0.25) is 0 Å². The van der Waals surface area contributed by atoms with E-state index in [2.05, 4.69) is 183 Å². The zero-order valence-electron chi connectivity index (χ0n) is 26.4. The number of fused-ring (bicyclic) bond motifs is 6. The van der Waals surface area contributed by atoms with E-state index in [1.54, 1.807) is 0 Å². The van der Waals surface area contributed by atoms with Crippen LogP contribution in [0.1, 0.15) is 25.0 Å². The minimum Gasteiger partial charge on any atom is -0.310 e. The molecule has 0 bridgehead atoms. The molecule has 0 atom stereocenters. The van der Waals surface area contributed by atoms with Gasteiger partial charge in [0.1, 0.15) is 0 Å². The van der Waals surface area contributed by atoms with Crippen molar-refractivity contribution in [2.75, 3.05) is 4.90 Å². The maximum absolute atomic E-state index is 2.47. The van der Waals surface area contributed by atoms with E-state index in [-0.39, 0.29) is 5.41 Å². The SMILES string of the molecule is CC1(C)c2ccccc2-c2ccc(N(c3ccccc3)c3cc(-c4ccccc4)ccc3-c3cccc4c3sc3ccccc34)cc21. The molecule has 0 aliphatic heterocycles. The second-order valence-corrected chi connectivity index (χ2v) is 14.0. The molecular weight excluding hydrogens is 587 g/mol. The smallest absolute Gasteiger partial charge is 0.0546 e. The zero-order valence-corrected chi connectivity index (χ0v) is 27.3. The second-order valence-electron chi connectivity index (χ2n) is 12.9. The van der Waals surface area contributed by atoms with Crippen LogP contribution < -0.4 is 4.90 Å². The molecule has 2 heteroatoms. The minimum absolute atomic E-state index is 0.0956. The molecule has 0 N–H and O–H groups in total. The monoisotopic (exact) mass is 619 g/mol. The van der Waals surface area contributed by atoms with Crippen molar-refractivity contribution in [3.63, 3.8) is 0 Å². The molecule has 0 spiro atoms. The van der Waals surface area contributed by atoms with Crippen molar-refractivity contribution >= 4 is 48.6 Å². The van der Waals surface area contributed by atoms with Gasteiger partial charge in [0, 0.05) is 48.1 Å². The highest BCUT2D eigenvalue weighted by molar-refractivity contribution is 7.26. The third-order valence-corrected chi connectivity index (χ3v) is 11.1. The van der Waals surface area contributed by atoms with Crippen LogP contribution in [-0.4, -0.2) is 0 Å². The maximum atomic E-state index is 2.47. The molecule has 0 saturated carbocycles. The first-order valence-electron chi connectivity index (χ1n) is 16.3. The molecule has 7 aromatic carbocycles. The van der Waals surface area contributed by atoms with E-state index in [4.69, 9.17) is 0 Å². The summed E-state index contributed by atoms with van der Waals surface area (Å²) < 4.78 is 2.64. The Morgan fingerprint density at radius 2 is 1.11 bits per heavy atom. The number of hydrogen-bond donors (Lipinski definition) is 0. The number of thiophene rings is 1. The fourth-order valence-corrected chi connectivity index (χ4v) is 8.78. The first kappa shape index (κ1) is 27.8. The summed E-state index contributed by atoms with van der Waals surface area (Å²) in [5.74, 6) is 0. The van der Waals surface area contributed by atoms with Gasteiger partial charge in [-0.1, -0.05) is 141 Å². The number of para-hydroxylation sites is 1. The molecule has 0 amide bonds. The van der Waals surface area contributed by atoms with Crippen LogP contribution in [0.4, 0.5) is 17.1 Å². The highest BCUT2D eigenvalue weighted by Crippen LogP contribution is 2.52. The average molecular weight is 620 g/mol.